The molecule has 0 radical (unpaired) electrons. The summed E-state index contributed by atoms with van der Waals surface area (Å²) in [6.45, 7) is 8.93. The Bertz CT molecular complexity index is 2800. The second-order valence-corrected chi connectivity index (χ2v) is 14.4. The summed E-state index contributed by atoms with van der Waals surface area (Å²) >= 11 is 0. The molecule has 5 heteroatoms. The minimum absolute atomic E-state index is 0.409. The third kappa shape index (κ3) is 5.48. The van der Waals surface area contributed by atoms with Gasteiger partial charge in [0, 0.05) is 54.0 Å². The molecule has 258 valence electrons. The maximum absolute atomic E-state index is 5.02. The van der Waals surface area contributed by atoms with Crippen LogP contribution in [0.5, 0.6) is 0 Å². The highest BCUT2D eigenvalue weighted by molar-refractivity contribution is 6.10. The van der Waals surface area contributed by atoms with E-state index in [1.807, 2.05) is 6.20 Å². The minimum atomic E-state index is 0.409. The van der Waals surface area contributed by atoms with Gasteiger partial charge in [-0.15, -0.1) is 0 Å². The van der Waals surface area contributed by atoms with Crippen LogP contribution < -0.4 is 4.90 Å². The zero-order valence-corrected chi connectivity index (χ0v) is 30.8. The van der Waals surface area contributed by atoms with Crippen molar-refractivity contribution in [2.75, 3.05) is 4.90 Å². The van der Waals surface area contributed by atoms with Gasteiger partial charge < -0.3 is 4.90 Å². The van der Waals surface area contributed by atoms with E-state index in [0.29, 0.717) is 5.92 Å². The second kappa shape index (κ2) is 12.9. The van der Waals surface area contributed by atoms with Crippen molar-refractivity contribution in [2.45, 2.75) is 33.6 Å². The van der Waals surface area contributed by atoms with Gasteiger partial charge in [0.1, 0.15) is 11.5 Å². The van der Waals surface area contributed by atoms with Gasteiger partial charge in [-0.05, 0) is 102 Å². The average molecular weight is 689 g/mol. The number of nitrogens with zero attached hydrogens (tertiary/aromatic N) is 5. The standard InChI is InChI=1S/C48H42N5/c1-32(2)39-18-6-7-19-40(39)35-26-27-49-47(28-35)53-43-21-9-8-20-41(43)42-25-24-38(30-46(42)53)52(48-33(3)14-12-15-34(48)4)37-17-13-16-36(29-37)51-31-50(5)44-22-10-11-23-45(44)51/h6-32H,1-5H3/q+1. The zero-order valence-electron chi connectivity index (χ0n) is 30.8. The summed E-state index contributed by atoms with van der Waals surface area (Å²) in [5.41, 5.74) is 15.2. The predicted molar refractivity (Wildman–Crippen MR) is 222 cm³/mol. The fourth-order valence-corrected chi connectivity index (χ4v) is 8.13. The lowest BCUT2D eigenvalue weighted by Gasteiger charge is -2.29. The van der Waals surface area contributed by atoms with Gasteiger partial charge >= 0.3 is 0 Å². The van der Waals surface area contributed by atoms with E-state index in [1.54, 1.807) is 0 Å². The Kier molecular flexibility index (Phi) is 7.93. The molecule has 0 bridgehead atoms. The number of aromatic nitrogens is 4. The van der Waals surface area contributed by atoms with Gasteiger partial charge in [-0.1, -0.05) is 80.6 Å². The van der Waals surface area contributed by atoms with Crippen LogP contribution in [-0.4, -0.2) is 18.7 Å². The van der Waals surface area contributed by atoms with Crippen LogP contribution in [0.1, 0.15) is 36.5 Å². The summed E-state index contributed by atoms with van der Waals surface area (Å²) in [4.78, 5) is 7.44. The molecule has 3 aromatic heterocycles. The first-order chi connectivity index (χ1) is 25.9. The Labute approximate surface area is 310 Å². The third-order valence-corrected chi connectivity index (χ3v) is 10.6. The number of benzene rings is 6. The molecule has 0 saturated heterocycles. The van der Waals surface area contributed by atoms with Gasteiger partial charge in [-0.2, -0.15) is 4.57 Å². The first-order valence-electron chi connectivity index (χ1n) is 18.4. The smallest absolute Gasteiger partial charge is 0.191 e. The van der Waals surface area contributed by atoms with Crippen LogP contribution in [0.4, 0.5) is 17.1 Å². The summed E-state index contributed by atoms with van der Waals surface area (Å²) in [6, 6.07) is 52.7. The molecular formula is C48H42N5+. The molecule has 0 N–H and O–H groups in total. The summed E-state index contributed by atoms with van der Waals surface area (Å²) in [6.07, 6.45) is 4.12. The van der Waals surface area contributed by atoms with E-state index in [0.717, 1.165) is 33.9 Å². The molecule has 6 aromatic carbocycles. The van der Waals surface area contributed by atoms with Crippen LogP contribution in [0.2, 0.25) is 0 Å². The summed E-state index contributed by atoms with van der Waals surface area (Å²) in [7, 11) is 2.10. The Balaban J connectivity index is 1.27. The highest BCUT2D eigenvalue weighted by Gasteiger charge is 2.22. The number of para-hydroxylation sites is 4. The number of pyridine rings is 1. The minimum Gasteiger partial charge on any atom is -0.309 e. The van der Waals surface area contributed by atoms with E-state index < -0.39 is 0 Å². The molecule has 9 aromatic rings. The van der Waals surface area contributed by atoms with Gasteiger partial charge in [0.2, 0.25) is 0 Å². The quantitative estimate of drug-likeness (QED) is 0.156. The second-order valence-electron chi connectivity index (χ2n) is 14.4. The average Bonchev–Trinajstić information content (AvgIpc) is 3.70. The zero-order chi connectivity index (χ0) is 36.2. The normalized spacial score (nSPS) is 11.7. The predicted octanol–water partition coefficient (Wildman–Crippen LogP) is 12.6. The van der Waals surface area contributed by atoms with E-state index >= 15 is 0 Å². The van der Waals surface area contributed by atoms with Crippen molar-refractivity contribution in [2.24, 2.45) is 7.05 Å². The highest BCUT2D eigenvalue weighted by atomic mass is 15.2. The van der Waals surface area contributed by atoms with Crippen molar-refractivity contribution in [3.63, 3.8) is 0 Å². The molecule has 9 rings (SSSR count). The van der Waals surface area contributed by atoms with Gasteiger partial charge in [-0.3, -0.25) is 4.57 Å². The number of hydrogen-bond acceptors (Lipinski definition) is 2. The first kappa shape index (κ1) is 32.4. The van der Waals surface area contributed by atoms with Crippen molar-refractivity contribution >= 4 is 49.9 Å². The largest absolute Gasteiger partial charge is 0.309 e. The molecule has 5 nitrogen and oxygen atoms in total. The number of aryl methyl sites for hydroxylation is 3. The van der Waals surface area contributed by atoms with Crippen molar-refractivity contribution in [1.82, 2.24) is 18.7 Å². The van der Waals surface area contributed by atoms with E-state index in [2.05, 4.69) is 205 Å². The van der Waals surface area contributed by atoms with E-state index in [4.69, 9.17) is 4.98 Å². The van der Waals surface area contributed by atoms with Crippen LogP contribution in [0.15, 0.2) is 158 Å². The number of fused-ring (bicyclic) bond motifs is 4. The third-order valence-electron chi connectivity index (χ3n) is 10.6. The maximum Gasteiger partial charge on any atom is 0.191 e. The lowest BCUT2D eigenvalue weighted by molar-refractivity contribution is 0.869. The van der Waals surface area contributed by atoms with Crippen molar-refractivity contribution in [1.29, 1.82) is 0 Å². The molecule has 3 heterocycles. The summed E-state index contributed by atoms with van der Waals surface area (Å²) < 4.78 is 6.79. The van der Waals surface area contributed by atoms with Gasteiger partial charge in [0.05, 0.1) is 22.4 Å². The van der Waals surface area contributed by atoms with Crippen LogP contribution in [-0.2, 0) is 7.05 Å². The van der Waals surface area contributed by atoms with Gasteiger partial charge in [0.25, 0.3) is 0 Å². The monoisotopic (exact) mass is 688 g/mol. The molecule has 0 unspecified atom stereocenters. The van der Waals surface area contributed by atoms with E-state index in [9.17, 15) is 0 Å². The van der Waals surface area contributed by atoms with E-state index in [-0.39, 0.29) is 0 Å². The molecule has 0 fully saturated rings. The Morgan fingerprint density at radius 3 is 2.09 bits per heavy atom. The Morgan fingerprint density at radius 1 is 0.604 bits per heavy atom. The highest BCUT2D eigenvalue weighted by Crippen LogP contribution is 2.42. The Morgan fingerprint density at radius 2 is 1.28 bits per heavy atom. The molecule has 0 aliphatic heterocycles. The fraction of sp³-hybridized carbons (Fsp3) is 0.125. The summed E-state index contributed by atoms with van der Waals surface area (Å²) in [5, 5.41) is 2.40. The van der Waals surface area contributed by atoms with Gasteiger partial charge in [0.15, 0.2) is 17.4 Å². The molecule has 0 aliphatic rings. The molecule has 53 heavy (non-hydrogen) atoms. The first-order valence-corrected chi connectivity index (χ1v) is 18.4. The SMILES string of the molecule is Cc1cccc(C)c1N(c1cccc(-n2[cH+]n(C)c3ccccc32)c1)c1ccc2c3ccccc3n(-c3cc(-c4ccccc4C(C)C)ccn3)c2c1. The van der Waals surface area contributed by atoms with Crippen LogP contribution in [0.25, 0.3) is 55.5 Å². The fourth-order valence-electron chi connectivity index (χ4n) is 8.13. The number of imidazole rings is 1. The summed E-state index contributed by atoms with van der Waals surface area (Å²) in [5.74, 6) is 1.31. The molecule has 0 aliphatic carbocycles. The topological polar surface area (TPSA) is 30.9 Å². The van der Waals surface area contributed by atoms with Crippen LogP contribution in [0, 0.1) is 13.8 Å². The molecule has 0 spiro atoms. The Hall–Kier alpha value is -6.46. The number of rotatable bonds is 7. The lowest BCUT2D eigenvalue weighted by atomic mass is 9.93. The van der Waals surface area contributed by atoms with Crippen LogP contribution >= 0.6 is 0 Å². The van der Waals surface area contributed by atoms with Crippen molar-refractivity contribution in [3.8, 4) is 22.6 Å². The molecule has 0 atom stereocenters. The molecular weight excluding hydrogens is 647 g/mol. The maximum atomic E-state index is 5.02. The van der Waals surface area contributed by atoms with E-state index in [1.165, 1.54) is 55.3 Å². The number of hydrogen-bond donors (Lipinski definition) is 0. The van der Waals surface area contributed by atoms with Crippen LogP contribution in [0.3, 0.4) is 0 Å². The molecule has 0 amide bonds. The van der Waals surface area contributed by atoms with Gasteiger partial charge in [-0.25, -0.2) is 9.55 Å². The number of anilines is 3. The van der Waals surface area contributed by atoms with Crippen molar-refractivity contribution < 1.29 is 0 Å². The van der Waals surface area contributed by atoms with Crippen molar-refractivity contribution in [3.05, 3.63) is 175 Å². The lowest BCUT2D eigenvalue weighted by Crippen LogP contribution is -2.13. The molecule has 0 saturated carbocycles.